The van der Waals surface area contributed by atoms with Gasteiger partial charge in [0.05, 0.1) is 18.8 Å². The van der Waals surface area contributed by atoms with Crippen LogP contribution in [-0.2, 0) is 4.79 Å². The molecule has 1 unspecified atom stereocenters. The summed E-state index contributed by atoms with van der Waals surface area (Å²) in [5.41, 5.74) is 0.603. The Kier molecular flexibility index (Phi) is 7.32. The fraction of sp³-hybridized carbons (Fsp3) is 0.828. The molecule has 10 atom stereocenters. The first-order chi connectivity index (χ1) is 15.7. The molecule has 4 saturated carbocycles. The van der Waals surface area contributed by atoms with E-state index in [1.807, 2.05) is 6.08 Å². The van der Waals surface area contributed by atoms with Crippen molar-refractivity contribution in [1.29, 1.82) is 0 Å². The van der Waals surface area contributed by atoms with Gasteiger partial charge < -0.3 is 15.5 Å². The van der Waals surface area contributed by atoms with E-state index in [2.05, 4.69) is 32.0 Å². The van der Waals surface area contributed by atoms with Crippen LogP contribution in [0, 0.1) is 58.7 Å². The second kappa shape index (κ2) is 9.74. The van der Waals surface area contributed by atoms with Gasteiger partial charge in [0.2, 0.25) is 5.91 Å². The van der Waals surface area contributed by atoms with Crippen molar-refractivity contribution in [2.24, 2.45) is 46.3 Å². The van der Waals surface area contributed by atoms with Gasteiger partial charge in [0.1, 0.15) is 0 Å². The molecule has 0 heterocycles. The lowest BCUT2D eigenvalue weighted by atomic mass is 9.43. The van der Waals surface area contributed by atoms with Gasteiger partial charge in [-0.1, -0.05) is 32.8 Å². The molecule has 0 aromatic rings. The Bertz CT molecular complexity index is 786. The summed E-state index contributed by atoms with van der Waals surface area (Å²) >= 11 is 0. The number of aliphatic hydroxyl groups is 2. The molecule has 4 aliphatic carbocycles. The van der Waals surface area contributed by atoms with Crippen LogP contribution in [0.5, 0.6) is 0 Å². The van der Waals surface area contributed by atoms with Crippen LogP contribution in [0.25, 0.3) is 0 Å². The van der Waals surface area contributed by atoms with E-state index >= 15 is 0 Å². The summed E-state index contributed by atoms with van der Waals surface area (Å²) in [4.78, 5) is 11.7. The minimum atomic E-state index is -0.207. The highest BCUT2D eigenvalue weighted by Gasteiger charge is 2.62. The molecule has 0 aliphatic heterocycles. The molecule has 0 aromatic carbocycles. The first-order valence-electron chi connectivity index (χ1n) is 13.4. The number of nitrogens with one attached hydrogen (secondary N) is 1. The summed E-state index contributed by atoms with van der Waals surface area (Å²) in [5.74, 6) is 5.75. The molecular weight excluding hydrogens is 410 g/mol. The van der Waals surface area contributed by atoms with E-state index in [-0.39, 0.29) is 24.7 Å². The number of carbonyl (C=O) groups excluding carboxylic acids is 1. The fourth-order valence-corrected chi connectivity index (χ4v) is 9.12. The Balaban J connectivity index is 1.41. The minimum Gasteiger partial charge on any atom is -0.393 e. The van der Waals surface area contributed by atoms with Crippen LogP contribution in [-0.4, -0.2) is 34.9 Å². The van der Waals surface area contributed by atoms with E-state index in [4.69, 9.17) is 6.42 Å². The molecule has 4 aliphatic rings. The third-order valence-corrected chi connectivity index (χ3v) is 10.8. The lowest BCUT2D eigenvalue weighted by Crippen LogP contribution is -2.58. The van der Waals surface area contributed by atoms with Crippen LogP contribution in [0.3, 0.4) is 0 Å². The standard InChI is InChI=1S/C29H45NO3/c1-5-16-30-26(33)9-7-6-8-19(2)22-10-11-23-27-24(13-15-29(22,23)4)28(3)14-12-21(31)17-20(28)18-25(27)32/h1,7,9,19-25,27,31-32H,6,8,10-18H2,2-4H3,(H,30,33)/t19-,20+,21-,22-,23+,24+,25?,27+,28+,29-/m1/s1. The predicted molar refractivity (Wildman–Crippen MR) is 132 cm³/mol. The highest BCUT2D eigenvalue weighted by molar-refractivity contribution is 5.87. The monoisotopic (exact) mass is 455 g/mol. The number of rotatable bonds is 6. The maximum Gasteiger partial charge on any atom is 0.244 e. The predicted octanol–water partition coefficient (Wildman–Crippen LogP) is 4.70. The van der Waals surface area contributed by atoms with Gasteiger partial charge in [-0.2, -0.15) is 0 Å². The van der Waals surface area contributed by atoms with Crippen molar-refractivity contribution in [3.05, 3.63) is 12.2 Å². The van der Waals surface area contributed by atoms with Crippen molar-refractivity contribution in [3.63, 3.8) is 0 Å². The summed E-state index contributed by atoms with van der Waals surface area (Å²) in [5, 5.41) is 24.3. The highest BCUT2D eigenvalue weighted by Crippen LogP contribution is 2.68. The Hall–Kier alpha value is -1.31. The number of aliphatic hydroxyl groups excluding tert-OH is 2. The molecule has 4 heteroatoms. The van der Waals surface area contributed by atoms with Crippen LogP contribution < -0.4 is 5.32 Å². The summed E-state index contributed by atoms with van der Waals surface area (Å²) in [6.45, 7) is 7.68. The van der Waals surface area contributed by atoms with Crippen molar-refractivity contribution in [3.8, 4) is 12.3 Å². The quantitative estimate of drug-likeness (QED) is 0.402. The van der Waals surface area contributed by atoms with Gasteiger partial charge >= 0.3 is 0 Å². The van der Waals surface area contributed by atoms with Crippen LogP contribution >= 0.6 is 0 Å². The topological polar surface area (TPSA) is 69.6 Å². The van der Waals surface area contributed by atoms with E-state index in [1.165, 1.54) is 25.7 Å². The third-order valence-electron chi connectivity index (χ3n) is 10.8. The van der Waals surface area contributed by atoms with Gasteiger partial charge in [0, 0.05) is 0 Å². The largest absolute Gasteiger partial charge is 0.393 e. The zero-order valence-corrected chi connectivity index (χ0v) is 20.9. The average Bonchev–Trinajstić information content (AvgIpc) is 3.13. The van der Waals surface area contributed by atoms with Crippen LogP contribution in [0.4, 0.5) is 0 Å². The number of allylic oxidation sites excluding steroid dienone is 1. The van der Waals surface area contributed by atoms with Crippen molar-refractivity contribution in [1.82, 2.24) is 5.32 Å². The summed E-state index contributed by atoms with van der Waals surface area (Å²) in [6.07, 6.45) is 19.3. The maximum atomic E-state index is 11.7. The second-order valence-electron chi connectivity index (χ2n) is 12.3. The van der Waals surface area contributed by atoms with E-state index in [0.29, 0.717) is 46.3 Å². The normalized spacial score (nSPS) is 45.5. The molecule has 0 radical (unpaired) electrons. The Morgan fingerprint density at radius 3 is 2.61 bits per heavy atom. The Morgan fingerprint density at radius 1 is 1.12 bits per heavy atom. The summed E-state index contributed by atoms with van der Waals surface area (Å²) in [6, 6.07) is 0. The van der Waals surface area contributed by atoms with Gasteiger partial charge in [-0.3, -0.25) is 4.79 Å². The van der Waals surface area contributed by atoms with E-state index in [0.717, 1.165) is 38.5 Å². The summed E-state index contributed by atoms with van der Waals surface area (Å²) in [7, 11) is 0. The molecule has 1 amide bonds. The molecule has 4 fully saturated rings. The Labute approximate surface area is 201 Å². The van der Waals surface area contributed by atoms with Gasteiger partial charge in [-0.05, 0) is 117 Å². The lowest BCUT2D eigenvalue weighted by Gasteiger charge is -2.62. The van der Waals surface area contributed by atoms with Crippen LogP contribution in [0.1, 0.15) is 85.0 Å². The first kappa shape index (κ1) is 24.8. The van der Waals surface area contributed by atoms with Gasteiger partial charge in [0.15, 0.2) is 0 Å². The molecule has 0 saturated heterocycles. The fourth-order valence-electron chi connectivity index (χ4n) is 9.12. The molecular formula is C29H45NO3. The molecule has 4 rings (SSSR count). The zero-order chi connectivity index (χ0) is 23.8. The molecule has 0 spiro atoms. The molecule has 0 bridgehead atoms. The number of hydrogen-bond acceptors (Lipinski definition) is 3. The number of amides is 1. The highest BCUT2D eigenvalue weighted by atomic mass is 16.3. The first-order valence-corrected chi connectivity index (χ1v) is 13.4. The number of terminal acetylenes is 1. The van der Waals surface area contributed by atoms with Gasteiger partial charge in [-0.15, -0.1) is 6.42 Å². The average molecular weight is 456 g/mol. The molecule has 3 N–H and O–H groups in total. The smallest absolute Gasteiger partial charge is 0.244 e. The van der Waals surface area contributed by atoms with Crippen LogP contribution in [0.2, 0.25) is 0 Å². The van der Waals surface area contributed by atoms with Gasteiger partial charge in [-0.25, -0.2) is 0 Å². The van der Waals surface area contributed by atoms with Crippen molar-refractivity contribution in [2.75, 3.05) is 6.54 Å². The molecule has 0 aromatic heterocycles. The molecule has 33 heavy (non-hydrogen) atoms. The number of carbonyl (C=O) groups is 1. The van der Waals surface area contributed by atoms with E-state index in [1.54, 1.807) is 6.08 Å². The minimum absolute atomic E-state index is 0.111. The van der Waals surface area contributed by atoms with E-state index in [9.17, 15) is 15.0 Å². The lowest BCUT2D eigenvalue weighted by molar-refractivity contribution is -0.174. The maximum absolute atomic E-state index is 11.7. The molecule has 184 valence electrons. The second-order valence-corrected chi connectivity index (χ2v) is 12.3. The SMILES string of the molecule is C#CCNC(=O)C=CCC[C@@H](C)[C@H]1CC[C@H]2[C@@H]3C(O)C[C@@H]4C[C@H](O)CC[C@]4(C)[C@H]3CC[C@]12C. The number of fused-ring (bicyclic) bond motifs is 5. The molecule has 4 nitrogen and oxygen atoms in total. The van der Waals surface area contributed by atoms with Crippen molar-refractivity contribution < 1.29 is 15.0 Å². The number of hydrogen-bond donors (Lipinski definition) is 3. The van der Waals surface area contributed by atoms with E-state index < -0.39 is 0 Å². The van der Waals surface area contributed by atoms with Crippen molar-refractivity contribution in [2.45, 2.75) is 97.2 Å². The Morgan fingerprint density at radius 2 is 1.85 bits per heavy atom. The van der Waals surface area contributed by atoms with Gasteiger partial charge in [0.25, 0.3) is 0 Å². The zero-order valence-electron chi connectivity index (χ0n) is 20.9. The van der Waals surface area contributed by atoms with Crippen LogP contribution in [0.15, 0.2) is 12.2 Å². The van der Waals surface area contributed by atoms with Crippen molar-refractivity contribution >= 4 is 5.91 Å². The third kappa shape index (κ3) is 4.53. The summed E-state index contributed by atoms with van der Waals surface area (Å²) < 4.78 is 0.